The minimum atomic E-state index is -0.211. The summed E-state index contributed by atoms with van der Waals surface area (Å²) in [5, 5.41) is 0. The van der Waals surface area contributed by atoms with Gasteiger partial charge < -0.3 is 24.8 Å². The molecular formula is C18H16Cl2N2. The summed E-state index contributed by atoms with van der Waals surface area (Å²) in [6.07, 6.45) is 16.6. The average Bonchev–Trinajstić information content (AvgIpc) is 2.51. The standard InChI is InChI=1S/C18H16N2.2ClH/c1-14-4-3-5-17(15(14)2)18(8-12-20-13-9-18)16-6-10-19-11-7-16;;/h3-8,10,12H,9H2,1-2H3;2*1H/q+2;;/p-2. The highest BCUT2D eigenvalue weighted by Gasteiger charge is 2.43. The van der Waals surface area contributed by atoms with Crippen LogP contribution in [-0.4, -0.2) is 12.4 Å². The van der Waals surface area contributed by atoms with Gasteiger partial charge in [0.05, 0.1) is 17.7 Å². The SMILES string of the molecule is Cc1cccc(C2(C3=C[C+]=NC=C3)C=CN=[C+]C2)c1C.[Cl-].[Cl-]. The maximum Gasteiger partial charge on any atom is 0.188 e. The molecule has 0 fully saturated rings. The molecule has 2 heterocycles. The maximum absolute atomic E-state index is 4.12. The first-order valence-corrected chi connectivity index (χ1v) is 6.74. The molecule has 0 saturated carbocycles. The summed E-state index contributed by atoms with van der Waals surface area (Å²) in [4.78, 5) is 8.13. The van der Waals surface area contributed by atoms with Crippen molar-refractivity contribution in [1.82, 2.24) is 0 Å². The highest BCUT2D eigenvalue weighted by molar-refractivity contribution is 5.79. The smallest absolute Gasteiger partial charge is 0.188 e. The number of aryl methyl sites for hydroxylation is 1. The van der Waals surface area contributed by atoms with Crippen LogP contribution < -0.4 is 24.8 Å². The monoisotopic (exact) mass is 330 g/mol. The van der Waals surface area contributed by atoms with Gasteiger partial charge in [-0.2, -0.15) is 0 Å². The summed E-state index contributed by atoms with van der Waals surface area (Å²) < 4.78 is 0. The molecule has 0 spiro atoms. The summed E-state index contributed by atoms with van der Waals surface area (Å²) in [5.74, 6) is 0. The van der Waals surface area contributed by atoms with Gasteiger partial charge in [-0.05, 0) is 35.5 Å². The van der Waals surface area contributed by atoms with Gasteiger partial charge in [0.25, 0.3) is 0 Å². The lowest BCUT2D eigenvalue weighted by molar-refractivity contribution is -0.001000. The fraction of sp³-hybridized carbons (Fsp3) is 0.222. The summed E-state index contributed by atoms with van der Waals surface area (Å²) in [7, 11) is 0. The average molecular weight is 331 g/mol. The number of nitrogens with zero attached hydrogens (tertiary/aromatic N) is 2. The van der Waals surface area contributed by atoms with E-state index in [0.29, 0.717) is 0 Å². The Bertz CT molecular complexity index is 684. The van der Waals surface area contributed by atoms with Crippen LogP contribution in [-0.2, 0) is 5.41 Å². The quantitative estimate of drug-likeness (QED) is 0.551. The van der Waals surface area contributed by atoms with Gasteiger partial charge in [0.1, 0.15) is 24.1 Å². The van der Waals surface area contributed by atoms with E-state index in [4.69, 9.17) is 0 Å². The molecule has 0 amide bonds. The van der Waals surface area contributed by atoms with Crippen molar-refractivity contribution in [1.29, 1.82) is 0 Å². The Balaban J connectivity index is 0.00000121. The predicted molar refractivity (Wildman–Crippen MR) is 83.4 cm³/mol. The van der Waals surface area contributed by atoms with Crippen molar-refractivity contribution < 1.29 is 24.8 Å². The first-order valence-electron chi connectivity index (χ1n) is 6.74. The molecule has 1 aromatic rings. The second-order valence-electron chi connectivity index (χ2n) is 5.17. The molecule has 0 aliphatic carbocycles. The normalized spacial score (nSPS) is 21.1. The van der Waals surface area contributed by atoms with E-state index in [-0.39, 0.29) is 30.2 Å². The topological polar surface area (TPSA) is 24.7 Å². The van der Waals surface area contributed by atoms with E-state index in [2.05, 4.69) is 66.6 Å². The van der Waals surface area contributed by atoms with E-state index < -0.39 is 0 Å². The molecule has 0 bridgehead atoms. The van der Waals surface area contributed by atoms with Crippen molar-refractivity contribution in [3.63, 3.8) is 0 Å². The van der Waals surface area contributed by atoms with Gasteiger partial charge in [-0.1, -0.05) is 23.2 Å². The van der Waals surface area contributed by atoms with Crippen molar-refractivity contribution in [2.75, 3.05) is 0 Å². The lowest BCUT2D eigenvalue weighted by Crippen LogP contribution is -3.00. The van der Waals surface area contributed by atoms with Gasteiger partial charge in [0, 0.05) is 0 Å². The first kappa shape index (κ1) is 18.2. The third-order valence-electron chi connectivity index (χ3n) is 4.11. The fourth-order valence-electron chi connectivity index (χ4n) is 2.81. The van der Waals surface area contributed by atoms with Crippen LogP contribution in [0.2, 0.25) is 0 Å². The van der Waals surface area contributed by atoms with Crippen LogP contribution in [0, 0.1) is 13.8 Å². The van der Waals surface area contributed by atoms with Crippen LogP contribution in [0.3, 0.4) is 0 Å². The molecule has 2 nitrogen and oxygen atoms in total. The zero-order valence-corrected chi connectivity index (χ0v) is 14.0. The fourth-order valence-corrected chi connectivity index (χ4v) is 2.81. The molecule has 0 radical (unpaired) electrons. The molecular weight excluding hydrogens is 315 g/mol. The Morgan fingerprint density at radius 1 is 1.09 bits per heavy atom. The molecule has 0 saturated heterocycles. The van der Waals surface area contributed by atoms with E-state index in [1.54, 1.807) is 6.20 Å². The van der Waals surface area contributed by atoms with E-state index in [1.807, 2.05) is 12.3 Å². The van der Waals surface area contributed by atoms with Crippen LogP contribution in [0.1, 0.15) is 23.1 Å². The number of benzene rings is 1. The Labute approximate surface area is 144 Å². The van der Waals surface area contributed by atoms with Crippen molar-refractivity contribution in [2.45, 2.75) is 25.7 Å². The largest absolute Gasteiger partial charge is 1.00 e. The summed E-state index contributed by atoms with van der Waals surface area (Å²) in [5.41, 5.74) is 4.89. The van der Waals surface area contributed by atoms with Crippen LogP contribution in [0.4, 0.5) is 0 Å². The minimum absolute atomic E-state index is 0. The highest BCUT2D eigenvalue weighted by atomic mass is 35.5. The molecule has 0 aromatic heterocycles. The number of rotatable bonds is 2. The molecule has 1 aromatic carbocycles. The number of hydrogen-bond acceptors (Lipinski definition) is 2. The molecule has 112 valence electrons. The van der Waals surface area contributed by atoms with Gasteiger partial charge in [-0.15, -0.1) is 0 Å². The van der Waals surface area contributed by atoms with Crippen LogP contribution in [0.15, 0.2) is 64.4 Å². The van der Waals surface area contributed by atoms with Crippen LogP contribution in [0.5, 0.6) is 0 Å². The Morgan fingerprint density at radius 3 is 2.55 bits per heavy atom. The van der Waals surface area contributed by atoms with Crippen LogP contribution >= 0.6 is 0 Å². The number of allylic oxidation sites excluding steroid dienone is 4. The van der Waals surface area contributed by atoms with Gasteiger partial charge in [-0.3, -0.25) is 0 Å². The summed E-state index contributed by atoms with van der Waals surface area (Å²) >= 11 is 0. The van der Waals surface area contributed by atoms with E-state index in [9.17, 15) is 0 Å². The molecule has 2 aliphatic heterocycles. The number of aliphatic imine (C=N–C) groups is 2. The summed E-state index contributed by atoms with van der Waals surface area (Å²) in [6.45, 7) is 4.33. The molecule has 1 atom stereocenters. The van der Waals surface area contributed by atoms with E-state index in [0.717, 1.165) is 6.42 Å². The van der Waals surface area contributed by atoms with Crippen molar-refractivity contribution >= 4 is 12.4 Å². The maximum atomic E-state index is 4.12. The first-order chi connectivity index (χ1) is 9.74. The third kappa shape index (κ3) is 3.02. The molecule has 22 heavy (non-hydrogen) atoms. The van der Waals surface area contributed by atoms with Crippen LogP contribution in [0.25, 0.3) is 0 Å². The van der Waals surface area contributed by atoms with Gasteiger partial charge in [0.15, 0.2) is 18.6 Å². The second-order valence-corrected chi connectivity index (χ2v) is 5.17. The minimum Gasteiger partial charge on any atom is -1.00 e. The van der Waals surface area contributed by atoms with Gasteiger partial charge in [0.2, 0.25) is 0 Å². The second kappa shape index (κ2) is 7.45. The zero-order chi connectivity index (χ0) is 14.0. The molecule has 4 heteroatoms. The van der Waals surface area contributed by atoms with Gasteiger partial charge in [-0.25, -0.2) is 0 Å². The number of halogens is 2. The zero-order valence-electron chi connectivity index (χ0n) is 12.5. The molecule has 2 aliphatic rings. The third-order valence-corrected chi connectivity index (χ3v) is 4.11. The predicted octanol–water partition coefficient (Wildman–Crippen LogP) is -2.18. The Hall–Kier alpha value is -1.82. The Morgan fingerprint density at radius 2 is 1.91 bits per heavy atom. The summed E-state index contributed by atoms with van der Waals surface area (Å²) in [6, 6.07) is 6.46. The highest BCUT2D eigenvalue weighted by Crippen LogP contribution is 2.41. The van der Waals surface area contributed by atoms with Crippen molar-refractivity contribution in [2.24, 2.45) is 9.98 Å². The van der Waals surface area contributed by atoms with Crippen molar-refractivity contribution in [3.05, 3.63) is 71.1 Å². The lowest BCUT2D eigenvalue weighted by Gasteiger charge is -2.26. The molecule has 0 N–H and O–H groups in total. The molecule has 1 unspecified atom stereocenters. The molecule has 3 rings (SSSR count). The Kier molecular flexibility index (Phi) is 6.17. The van der Waals surface area contributed by atoms with E-state index in [1.165, 1.54) is 22.3 Å². The van der Waals surface area contributed by atoms with Gasteiger partial charge >= 0.3 is 0 Å². The van der Waals surface area contributed by atoms with Crippen molar-refractivity contribution in [3.8, 4) is 0 Å². The lowest BCUT2D eigenvalue weighted by atomic mass is 9.69. The van der Waals surface area contributed by atoms with E-state index >= 15 is 0 Å². The number of hydrogen-bond donors (Lipinski definition) is 0.